The molecule has 7 heteroatoms. The van der Waals surface area contributed by atoms with E-state index in [1.165, 1.54) is 6.42 Å². The van der Waals surface area contributed by atoms with Gasteiger partial charge in [0.25, 0.3) is 11.8 Å². The lowest BCUT2D eigenvalue weighted by atomic mass is 10.1. The van der Waals surface area contributed by atoms with Gasteiger partial charge in [-0.25, -0.2) is 0 Å². The van der Waals surface area contributed by atoms with E-state index in [9.17, 15) is 9.59 Å². The SMILES string of the molecule is O=C(c1ccn[nH]1)N1CCO[C@H](C(=O)N2CCCCC2)C1. The van der Waals surface area contributed by atoms with Gasteiger partial charge in [-0.3, -0.25) is 14.7 Å². The van der Waals surface area contributed by atoms with Crippen molar-refractivity contribution in [1.29, 1.82) is 0 Å². The number of nitrogens with one attached hydrogen (secondary N) is 1. The Kier molecular flexibility index (Phi) is 4.19. The maximum atomic E-state index is 12.5. The Morgan fingerprint density at radius 2 is 2.00 bits per heavy atom. The van der Waals surface area contributed by atoms with E-state index in [0.717, 1.165) is 25.9 Å². The van der Waals surface area contributed by atoms with Crippen LogP contribution in [0.5, 0.6) is 0 Å². The zero-order valence-corrected chi connectivity index (χ0v) is 12.0. The third-order valence-corrected chi connectivity index (χ3v) is 4.03. The van der Waals surface area contributed by atoms with E-state index in [1.54, 1.807) is 17.2 Å². The lowest BCUT2D eigenvalue weighted by molar-refractivity contribution is -0.149. The predicted octanol–water partition coefficient (Wildman–Crippen LogP) is 0.263. The summed E-state index contributed by atoms with van der Waals surface area (Å²) in [5.41, 5.74) is 0.445. The van der Waals surface area contributed by atoms with Crippen LogP contribution < -0.4 is 0 Å². The summed E-state index contributed by atoms with van der Waals surface area (Å²) in [6.45, 7) is 2.80. The number of hydrogen-bond donors (Lipinski definition) is 1. The molecular weight excluding hydrogens is 272 g/mol. The van der Waals surface area contributed by atoms with Crippen molar-refractivity contribution in [2.24, 2.45) is 0 Å². The van der Waals surface area contributed by atoms with Gasteiger partial charge in [0.15, 0.2) is 6.10 Å². The Balaban J connectivity index is 1.62. The lowest BCUT2D eigenvalue weighted by Crippen LogP contribution is -2.53. The summed E-state index contributed by atoms with van der Waals surface area (Å²) in [7, 11) is 0. The summed E-state index contributed by atoms with van der Waals surface area (Å²) in [5.74, 6) is -0.121. The minimum atomic E-state index is -0.538. The molecule has 1 atom stereocenters. The molecule has 1 N–H and O–H groups in total. The molecule has 0 aliphatic carbocycles. The zero-order chi connectivity index (χ0) is 14.7. The van der Waals surface area contributed by atoms with Crippen molar-refractivity contribution in [3.8, 4) is 0 Å². The van der Waals surface area contributed by atoms with E-state index in [0.29, 0.717) is 25.4 Å². The summed E-state index contributed by atoms with van der Waals surface area (Å²) in [6, 6.07) is 1.64. The number of aromatic nitrogens is 2. The topological polar surface area (TPSA) is 78.5 Å². The standard InChI is InChI=1S/C14H20N4O3/c19-13(11-4-5-15-16-11)18-8-9-21-12(10-18)14(20)17-6-2-1-3-7-17/h4-5,12H,1-3,6-10H2,(H,15,16)/t12-/m0/s1. The summed E-state index contributed by atoms with van der Waals surface area (Å²) >= 11 is 0. The van der Waals surface area contributed by atoms with Crippen LogP contribution >= 0.6 is 0 Å². The molecule has 2 aliphatic heterocycles. The van der Waals surface area contributed by atoms with E-state index < -0.39 is 6.10 Å². The quantitative estimate of drug-likeness (QED) is 0.848. The van der Waals surface area contributed by atoms with Crippen LogP contribution in [0.1, 0.15) is 29.8 Å². The fourth-order valence-corrected chi connectivity index (χ4v) is 2.85. The van der Waals surface area contributed by atoms with Crippen molar-refractivity contribution in [2.45, 2.75) is 25.4 Å². The summed E-state index contributed by atoms with van der Waals surface area (Å²) in [4.78, 5) is 28.2. The normalized spacial score (nSPS) is 23.1. The van der Waals surface area contributed by atoms with Crippen molar-refractivity contribution >= 4 is 11.8 Å². The van der Waals surface area contributed by atoms with Crippen LogP contribution in [-0.4, -0.2) is 70.7 Å². The molecule has 7 nitrogen and oxygen atoms in total. The molecule has 0 radical (unpaired) electrons. The van der Waals surface area contributed by atoms with Crippen molar-refractivity contribution in [3.05, 3.63) is 18.0 Å². The lowest BCUT2D eigenvalue weighted by Gasteiger charge is -2.36. The maximum absolute atomic E-state index is 12.5. The first kappa shape index (κ1) is 14.1. The van der Waals surface area contributed by atoms with Gasteiger partial charge in [0.2, 0.25) is 0 Å². The molecule has 2 amide bonds. The minimum Gasteiger partial charge on any atom is -0.365 e. The molecule has 0 spiro atoms. The number of amides is 2. The third kappa shape index (κ3) is 3.07. The highest BCUT2D eigenvalue weighted by molar-refractivity contribution is 5.93. The Bertz CT molecular complexity index is 496. The minimum absolute atomic E-state index is 0.0109. The predicted molar refractivity (Wildman–Crippen MR) is 74.7 cm³/mol. The van der Waals surface area contributed by atoms with Gasteiger partial charge in [-0.1, -0.05) is 0 Å². The van der Waals surface area contributed by atoms with Crippen molar-refractivity contribution in [2.75, 3.05) is 32.8 Å². The average Bonchev–Trinajstić information content (AvgIpc) is 3.09. The highest BCUT2D eigenvalue weighted by Gasteiger charge is 2.33. The van der Waals surface area contributed by atoms with Crippen LogP contribution in [0.15, 0.2) is 12.3 Å². The molecule has 1 aromatic rings. The number of H-pyrrole nitrogens is 1. The molecule has 0 aromatic carbocycles. The first-order chi connectivity index (χ1) is 10.3. The van der Waals surface area contributed by atoms with E-state index in [-0.39, 0.29) is 11.8 Å². The second kappa shape index (κ2) is 6.26. The van der Waals surface area contributed by atoms with E-state index >= 15 is 0 Å². The van der Waals surface area contributed by atoms with Gasteiger partial charge in [-0.05, 0) is 25.3 Å². The molecule has 2 saturated heterocycles. The number of aromatic amines is 1. The summed E-state index contributed by atoms with van der Waals surface area (Å²) in [5, 5.41) is 6.45. The molecule has 0 bridgehead atoms. The summed E-state index contributed by atoms with van der Waals surface area (Å²) < 4.78 is 5.58. The molecule has 2 fully saturated rings. The van der Waals surface area contributed by atoms with Gasteiger partial charge in [0.1, 0.15) is 5.69 Å². The number of nitrogens with zero attached hydrogens (tertiary/aromatic N) is 3. The second-order valence-corrected chi connectivity index (χ2v) is 5.47. The highest BCUT2D eigenvalue weighted by atomic mass is 16.5. The molecular formula is C14H20N4O3. The van der Waals surface area contributed by atoms with Gasteiger partial charge < -0.3 is 14.5 Å². The van der Waals surface area contributed by atoms with E-state index in [2.05, 4.69) is 10.2 Å². The largest absolute Gasteiger partial charge is 0.365 e. The number of carbonyl (C=O) groups excluding carboxylic acids is 2. The zero-order valence-electron chi connectivity index (χ0n) is 12.0. The van der Waals surface area contributed by atoms with Crippen LogP contribution in [0.2, 0.25) is 0 Å². The van der Waals surface area contributed by atoms with Crippen LogP contribution in [0.4, 0.5) is 0 Å². The molecule has 2 aliphatic rings. The molecule has 21 heavy (non-hydrogen) atoms. The first-order valence-corrected chi connectivity index (χ1v) is 7.45. The number of piperidine rings is 1. The Labute approximate surface area is 123 Å². The van der Waals surface area contributed by atoms with Crippen molar-refractivity contribution < 1.29 is 14.3 Å². The number of rotatable bonds is 2. The number of ether oxygens (including phenoxy) is 1. The van der Waals surface area contributed by atoms with Gasteiger partial charge in [-0.15, -0.1) is 0 Å². The molecule has 3 rings (SSSR count). The van der Waals surface area contributed by atoms with E-state index in [4.69, 9.17) is 4.74 Å². The number of carbonyl (C=O) groups is 2. The maximum Gasteiger partial charge on any atom is 0.272 e. The van der Waals surface area contributed by atoms with Crippen LogP contribution in [-0.2, 0) is 9.53 Å². The second-order valence-electron chi connectivity index (χ2n) is 5.47. The Morgan fingerprint density at radius 1 is 1.19 bits per heavy atom. The number of likely N-dealkylation sites (tertiary alicyclic amines) is 1. The van der Waals surface area contributed by atoms with Gasteiger partial charge in [0, 0.05) is 25.8 Å². The number of hydrogen-bond acceptors (Lipinski definition) is 4. The monoisotopic (exact) mass is 292 g/mol. The van der Waals surface area contributed by atoms with Crippen LogP contribution in [0, 0.1) is 0 Å². The molecule has 0 unspecified atom stereocenters. The average molecular weight is 292 g/mol. The van der Waals surface area contributed by atoms with Gasteiger partial charge in [0.05, 0.1) is 13.2 Å². The summed E-state index contributed by atoms with van der Waals surface area (Å²) in [6.07, 6.45) is 4.29. The number of morpholine rings is 1. The van der Waals surface area contributed by atoms with Crippen LogP contribution in [0.25, 0.3) is 0 Å². The van der Waals surface area contributed by atoms with Gasteiger partial charge >= 0.3 is 0 Å². The first-order valence-electron chi connectivity index (χ1n) is 7.45. The fraction of sp³-hybridized carbons (Fsp3) is 0.643. The Hall–Kier alpha value is -1.89. The fourth-order valence-electron chi connectivity index (χ4n) is 2.85. The van der Waals surface area contributed by atoms with E-state index in [1.807, 2.05) is 4.90 Å². The molecule has 114 valence electrons. The molecule has 3 heterocycles. The highest BCUT2D eigenvalue weighted by Crippen LogP contribution is 2.15. The third-order valence-electron chi connectivity index (χ3n) is 4.03. The van der Waals surface area contributed by atoms with Crippen molar-refractivity contribution in [3.63, 3.8) is 0 Å². The van der Waals surface area contributed by atoms with Crippen molar-refractivity contribution in [1.82, 2.24) is 20.0 Å². The Morgan fingerprint density at radius 3 is 2.71 bits per heavy atom. The van der Waals surface area contributed by atoms with Crippen LogP contribution in [0.3, 0.4) is 0 Å². The van der Waals surface area contributed by atoms with Gasteiger partial charge in [-0.2, -0.15) is 5.10 Å². The smallest absolute Gasteiger partial charge is 0.272 e. The molecule has 0 saturated carbocycles. The molecule has 1 aromatic heterocycles.